The van der Waals surface area contributed by atoms with E-state index >= 15 is 0 Å². The van der Waals surface area contributed by atoms with Gasteiger partial charge in [-0.3, -0.25) is 19.7 Å². The molecule has 0 spiro atoms. The number of hydrogen-bond donors (Lipinski definition) is 2. The van der Waals surface area contributed by atoms with Gasteiger partial charge in [0.25, 0.3) is 0 Å². The van der Waals surface area contributed by atoms with Gasteiger partial charge in [-0.2, -0.15) is 0 Å². The SMILES string of the molecule is CCNC(=NCC1CN2CCN1CC2)NCC1CCCN1Cc1ccccc1.I. The standard InChI is InChI=1S/C22H36N6.HI/c1-2-23-22(25-16-21-18-26-11-13-27(21)14-12-26)24-15-20-9-6-10-28(20)17-19-7-4-3-5-8-19;/h3-5,7-8,20-21H,2,6,9-18H2,1H3,(H2,23,24,25);1H. The Bertz CT molecular complexity index is 631. The van der Waals surface area contributed by atoms with Crippen LogP contribution in [0.2, 0.25) is 0 Å². The molecule has 2 atom stereocenters. The van der Waals surface area contributed by atoms with E-state index in [9.17, 15) is 0 Å². The third-order valence-corrected chi connectivity index (χ3v) is 6.43. The molecule has 4 heterocycles. The van der Waals surface area contributed by atoms with Gasteiger partial charge in [0.15, 0.2) is 5.96 Å². The minimum Gasteiger partial charge on any atom is -0.357 e. The largest absolute Gasteiger partial charge is 0.357 e. The minimum absolute atomic E-state index is 0. The summed E-state index contributed by atoms with van der Waals surface area (Å²) in [7, 11) is 0. The molecule has 4 saturated heterocycles. The fourth-order valence-electron chi connectivity index (χ4n) is 4.80. The molecule has 0 aliphatic carbocycles. The average Bonchev–Trinajstić information content (AvgIpc) is 3.18. The Morgan fingerprint density at radius 3 is 2.52 bits per heavy atom. The molecule has 0 amide bonds. The third-order valence-electron chi connectivity index (χ3n) is 6.43. The molecule has 0 radical (unpaired) electrons. The summed E-state index contributed by atoms with van der Waals surface area (Å²) in [5.74, 6) is 0.978. The maximum absolute atomic E-state index is 4.93. The van der Waals surface area contributed by atoms with Crippen molar-refractivity contribution in [3.05, 3.63) is 35.9 Å². The van der Waals surface area contributed by atoms with Gasteiger partial charge in [0.05, 0.1) is 6.54 Å². The van der Waals surface area contributed by atoms with Crippen LogP contribution >= 0.6 is 24.0 Å². The van der Waals surface area contributed by atoms with Gasteiger partial charge in [-0.1, -0.05) is 30.3 Å². The molecule has 162 valence electrons. The molecule has 2 N–H and O–H groups in total. The molecule has 2 unspecified atom stereocenters. The monoisotopic (exact) mass is 512 g/mol. The van der Waals surface area contributed by atoms with Crippen molar-refractivity contribution in [2.24, 2.45) is 4.99 Å². The summed E-state index contributed by atoms with van der Waals surface area (Å²) >= 11 is 0. The lowest BCUT2D eigenvalue weighted by Gasteiger charge is -2.47. The van der Waals surface area contributed by atoms with Gasteiger partial charge < -0.3 is 10.6 Å². The Morgan fingerprint density at radius 1 is 1.03 bits per heavy atom. The van der Waals surface area contributed by atoms with Gasteiger partial charge >= 0.3 is 0 Å². The molecule has 5 rings (SSSR count). The molecular formula is C22H37IN6. The van der Waals surface area contributed by atoms with E-state index < -0.39 is 0 Å². The Labute approximate surface area is 193 Å². The summed E-state index contributed by atoms with van der Waals surface area (Å²) in [6.07, 6.45) is 2.56. The van der Waals surface area contributed by atoms with Crippen molar-refractivity contribution in [1.82, 2.24) is 25.3 Å². The number of benzene rings is 1. The predicted octanol–water partition coefficient (Wildman–Crippen LogP) is 1.82. The third kappa shape index (κ3) is 6.29. The van der Waals surface area contributed by atoms with Crippen LogP contribution in [0.5, 0.6) is 0 Å². The molecule has 1 aromatic carbocycles. The summed E-state index contributed by atoms with van der Waals surface area (Å²) in [4.78, 5) is 12.8. The lowest BCUT2D eigenvalue weighted by molar-refractivity contribution is 0.0174. The second kappa shape index (κ2) is 11.5. The number of likely N-dealkylation sites (tertiary alicyclic amines) is 1. The van der Waals surface area contributed by atoms with E-state index in [0.29, 0.717) is 12.1 Å². The first-order valence-electron chi connectivity index (χ1n) is 11.1. The fraction of sp³-hybridized carbons (Fsp3) is 0.682. The summed E-state index contributed by atoms with van der Waals surface area (Å²) in [5.41, 5.74) is 1.41. The number of piperazine rings is 3. The van der Waals surface area contributed by atoms with Crippen LogP contribution in [0.4, 0.5) is 0 Å². The topological polar surface area (TPSA) is 46.1 Å². The van der Waals surface area contributed by atoms with Crippen molar-refractivity contribution >= 4 is 29.9 Å². The molecule has 4 aliphatic heterocycles. The van der Waals surface area contributed by atoms with Crippen molar-refractivity contribution in [3.8, 4) is 0 Å². The van der Waals surface area contributed by atoms with Crippen LogP contribution in [0, 0.1) is 0 Å². The van der Waals surface area contributed by atoms with E-state index in [2.05, 4.69) is 62.6 Å². The van der Waals surface area contributed by atoms with Crippen molar-refractivity contribution < 1.29 is 0 Å². The number of rotatable bonds is 7. The molecular weight excluding hydrogens is 475 g/mol. The summed E-state index contributed by atoms with van der Waals surface area (Å²) < 4.78 is 0. The van der Waals surface area contributed by atoms with Crippen LogP contribution in [-0.2, 0) is 6.54 Å². The summed E-state index contributed by atoms with van der Waals surface area (Å²) in [6.45, 7) is 13.2. The van der Waals surface area contributed by atoms with Crippen LogP contribution in [0.15, 0.2) is 35.3 Å². The van der Waals surface area contributed by atoms with Crippen LogP contribution in [0.3, 0.4) is 0 Å². The fourth-order valence-corrected chi connectivity index (χ4v) is 4.80. The molecule has 4 fully saturated rings. The first-order valence-corrected chi connectivity index (χ1v) is 11.1. The van der Waals surface area contributed by atoms with E-state index in [1.54, 1.807) is 0 Å². The van der Waals surface area contributed by atoms with Gasteiger partial charge in [0, 0.05) is 64.4 Å². The normalized spacial score (nSPS) is 29.5. The van der Waals surface area contributed by atoms with Gasteiger partial charge in [0.1, 0.15) is 0 Å². The maximum Gasteiger partial charge on any atom is 0.191 e. The van der Waals surface area contributed by atoms with Crippen molar-refractivity contribution in [3.63, 3.8) is 0 Å². The van der Waals surface area contributed by atoms with Crippen molar-refractivity contribution in [2.75, 3.05) is 58.9 Å². The summed E-state index contributed by atoms with van der Waals surface area (Å²) in [6, 6.07) is 12.0. The smallest absolute Gasteiger partial charge is 0.191 e. The van der Waals surface area contributed by atoms with Crippen LogP contribution in [0.25, 0.3) is 0 Å². The van der Waals surface area contributed by atoms with Gasteiger partial charge in [-0.25, -0.2) is 0 Å². The zero-order valence-corrected chi connectivity index (χ0v) is 20.1. The molecule has 0 aromatic heterocycles. The molecule has 0 saturated carbocycles. The second-order valence-corrected chi connectivity index (χ2v) is 8.34. The van der Waals surface area contributed by atoms with Gasteiger partial charge in [-0.15, -0.1) is 24.0 Å². The van der Waals surface area contributed by atoms with Gasteiger partial charge in [-0.05, 0) is 31.9 Å². The highest BCUT2D eigenvalue weighted by atomic mass is 127. The Balaban J connectivity index is 0.00000240. The maximum atomic E-state index is 4.93. The quantitative estimate of drug-likeness (QED) is 0.332. The highest BCUT2D eigenvalue weighted by Gasteiger charge is 2.31. The number of fused-ring (bicyclic) bond motifs is 3. The summed E-state index contributed by atoms with van der Waals surface area (Å²) in [5, 5.41) is 7.07. The molecule has 2 bridgehead atoms. The first-order chi connectivity index (χ1) is 13.8. The van der Waals surface area contributed by atoms with Crippen molar-refractivity contribution in [1.29, 1.82) is 0 Å². The molecule has 29 heavy (non-hydrogen) atoms. The average molecular weight is 512 g/mol. The van der Waals surface area contributed by atoms with E-state index in [1.165, 1.54) is 57.7 Å². The number of nitrogens with one attached hydrogen (secondary N) is 2. The first kappa shape index (κ1) is 22.8. The Kier molecular flexibility index (Phi) is 9.02. The van der Waals surface area contributed by atoms with Gasteiger partial charge in [0.2, 0.25) is 0 Å². The lowest BCUT2D eigenvalue weighted by Crippen LogP contribution is -2.62. The molecule has 7 heteroatoms. The predicted molar refractivity (Wildman–Crippen MR) is 131 cm³/mol. The molecule has 4 aliphatic rings. The number of hydrogen-bond acceptors (Lipinski definition) is 4. The van der Waals surface area contributed by atoms with E-state index in [0.717, 1.165) is 32.1 Å². The Morgan fingerprint density at radius 2 is 1.83 bits per heavy atom. The minimum atomic E-state index is 0. The number of guanidine groups is 1. The lowest BCUT2D eigenvalue weighted by atomic mass is 10.1. The van der Waals surface area contributed by atoms with Crippen LogP contribution in [-0.4, -0.2) is 91.6 Å². The van der Waals surface area contributed by atoms with E-state index in [1.807, 2.05) is 0 Å². The second-order valence-electron chi connectivity index (χ2n) is 8.34. The van der Waals surface area contributed by atoms with Crippen molar-refractivity contribution in [2.45, 2.75) is 38.4 Å². The van der Waals surface area contributed by atoms with Crippen LogP contribution in [0.1, 0.15) is 25.3 Å². The zero-order valence-electron chi connectivity index (χ0n) is 17.7. The number of aliphatic imine (C=N–C) groups is 1. The van der Waals surface area contributed by atoms with E-state index in [4.69, 9.17) is 4.99 Å². The number of nitrogens with zero attached hydrogens (tertiary/aromatic N) is 4. The highest BCUT2D eigenvalue weighted by Crippen LogP contribution is 2.19. The van der Waals surface area contributed by atoms with Crippen LogP contribution < -0.4 is 10.6 Å². The number of halogens is 1. The molecule has 6 nitrogen and oxygen atoms in total. The van der Waals surface area contributed by atoms with E-state index in [-0.39, 0.29) is 24.0 Å². The zero-order chi connectivity index (χ0) is 19.2. The highest BCUT2D eigenvalue weighted by molar-refractivity contribution is 14.0. The molecule has 1 aromatic rings. The Hall–Kier alpha value is -0.900.